The minimum absolute atomic E-state index is 0.0122. The number of phenolic OH excluding ortho intramolecular Hbond substituents is 1. The van der Waals surface area contributed by atoms with Crippen LogP contribution in [0.2, 0.25) is 0 Å². The minimum atomic E-state index is -1.12. The summed E-state index contributed by atoms with van der Waals surface area (Å²) in [6.07, 6.45) is 0. The van der Waals surface area contributed by atoms with Gasteiger partial charge in [-0.2, -0.15) is 0 Å². The Bertz CT molecular complexity index is 634. The highest BCUT2D eigenvalue weighted by Crippen LogP contribution is 2.27. The van der Waals surface area contributed by atoms with Gasteiger partial charge in [0.1, 0.15) is 5.75 Å². The van der Waals surface area contributed by atoms with Crippen molar-refractivity contribution in [2.24, 2.45) is 5.73 Å². The zero-order valence-corrected chi connectivity index (χ0v) is 8.68. The van der Waals surface area contributed by atoms with Gasteiger partial charge in [0.25, 0.3) is 0 Å². The molecule has 0 radical (unpaired) electrons. The summed E-state index contributed by atoms with van der Waals surface area (Å²) in [5.41, 5.74) is 5.37. The van der Waals surface area contributed by atoms with Crippen molar-refractivity contribution in [2.75, 3.05) is 0 Å². The van der Waals surface area contributed by atoms with Gasteiger partial charge >= 0.3 is 5.97 Å². The predicted molar refractivity (Wildman–Crippen MR) is 61.1 cm³/mol. The molecule has 0 bridgehead atoms. The van der Waals surface area contributed by atoms with Gasteiger partial charge in [0.15, 0.2) is 0 Å². The first-order chi connectivity index (χ1) is 7.99. The minimum Gasteiger partial charge on any atom is -0.507 e. The second-order valence-electron chi connectivity index (χ2n) is 3.60. The quantitative estimate of drug-likeness (QED) is 0.725. The lowest BCUT2D eigenvalue weighted by Gasteiger charge is -2.04. The number of nitrogens with two attached hydrogens (primary N) is 1. The molecule has 0 atom stereocenters. The maximum atomic E-state index is 11.0. The van der Waals surface area contributed by atoms with E-state index in [9.17, 15) is 14.7 Å². The molecule has 86 valence electrons. The topological polar surface area (TPSA) is 101 Å². The van der Waals surface area contributed by atoms with E-state index < -0.39 is 11.9 Å². The molecule has 0 saturated carbocycles. The SMILES string of the molecule is NC(=O)c1ccc2cc(C(=O)O)cc(O)c2c1. The molecule has 5 heteroatoms. The summed E-state index contributed by atoms with van der Waals surface area (Å²) in [5.74, 6) is -1.92. The van der Waals surface area contributed by atoms with Crippen LogP contribution in [0.4, 0.5) is 0 Å². The summed E-state index contributed by atoms with van der Waals surface area (Å²) in [4.78, 5) is 21.8. The standard InChI is InChI=1S/C12H9NO4/c13-11(15)7-2-1-6-3-8(12(16)17)5-10(14)9(6)4-7/h1-5,14H,(H2,13,15)(H,16,17). The molecule has 4 N–H and O–H groups in total. The van der Waals surface area contributed by atoms with Crippen molar-refractivity contribution in [3.8, 4) is 5.75 Å². The number of carbonyl (C=O) groups is 2. The first-order valence-corrected chi connectivity index (χ1v) is 4.79. The molecular formula is C12H9NO4. The number of hydrogen-bond donors (Lipinski definition) is 3. The smallest absolute Gasteiger partial charge is 0.335 e. The molecule has 0 aromatic heterocycles. The van der Waals surface area contributed by atoms with E-state index in [0.29, 0.717) is 10.8 Å². The van der Waals surface area contributed by atoms with Gasteiger partial charge in [0.2, 0.25) is 5.91 Å². The fourth-order valence-electron chi connectivity index (χ4n) is 1.61. The van der Waals surface area contributed by atoms with Crippen LogP contribution in [0, 0.1) is 0 Å². The molecule has 0 aliphatic rings. The highest BCUT2D eigenvalue weighted by molar-refractivity contribution is 6.02. The zero-order chi connectivity index (χ0) is 12.6. The summed E-state index contributed by atoms with van der Waals surface area (Å²) in [7, 11) is 0. The van der Waals surface area contributed by atoms with Crippen molar-refractivity contribution in [1.29, 1.82) is 0 Å². The van der Waals surface area contributed by atoms with E-state index in [2.05, 4.69) is 0 Å². The van der Waals surface area contributed by atoms with Crippen LogP contribution in [0.5, 0.6) is 5.75 Å². The van der Waals surface area contributed by atoms with Gasteiger partial charge in [-0.05, 0) is 29.7 Å². The van der Waals surface area contributed by atoms with Crippen LogP contribution in [-0.4, -0.2) is 22.1 Å². The lowest BCUT2D eigenvalue weighted by molar-refractivity contribution is 0.0696. The molecule has 2 aromatic carbocycles. The fraction of sp³-hybridized carbons (Fsp3) is 0. The van der Waals surface area contributed by atoms with Gasteiger partial charge < -0.3 is 15.9 Å². The Morgan fingerprint density at radius 3 is 2.35 bits per heavy atom. The summed E-state index contributed by atoms with van der Waals surface area (Å²) < 4.78 is 0. The lowest BCUT2D eigenvalue weighted by atomic mass is 10.0. The number of phenols is 1. The molecule has 0 heterocycles. The summed E-state index contributed by atoms with van der Waals surface area (Å²) in [6, 6.07) is 7.01. The van der Waals surface area contributed by atoms with Crippen LogP contribution in [-0.2, 0) is 0 Å². The van der Waals surface area contributed by atoms with Gasteiger partial charge in [-0.25, -0.2) is 4.79 Å². The van der Waals surface area contributed by atoms with E-state index in [1.807, 2.05) is 0 Å². The number of carbonyl (C=O) groups excluding carboxylic acids is 1. The summed E-state index contributed by atoms with van der Waals surface area (Å²) >= 11 is 0. The Balaban J connectivity index is 2.72. The van der Waals surface area contributed by atoms with Crippen molar-refractivity contribution in [3.63, 3.8) is 0 Å². The number of fused-ring (bicyclic) bond motifs is 1. The van der Waals surface area contributed by atoms with E-state index in [-0.39, 0.29) is 16.9 Å². The van der Waals surface area contributed by atoms with Gasteiger partial charge in [-0.3, -0.25) is 4.79 Å². The second-order valence-corrected chi connectivity index (χ2v) is 3.60. The first kappa shape index (κ1) is 10.9. The molecule has 0 fully saturated rings. The third-order valence-corrected chi connectivity index (χ3v) is 2.46. The van der Waals surface area contributed by atoms with Gasteiger partial charge in [-0.1, -0.05) is 6.07 Å². The third kappa shape index (κ3) is 1.90. The number of primary amides is 1. The molecule has 2 aromatic rings. The highest BCUT2D eigenvalue weighted by atomic mass is 16.4. The van der Waals surface area contributed by atoms with E-state index in [1.54, 1.807) is 6.07 Å². The number of aromatic hydroxyl groups is 1. The average molecular weight is 231 g/mol. The number of rotatable bonds is 2. The van der Waals surface area contributed by atoms with Crippen molar-refractivity contribution >= 4 is 22.6 Å². The molecular weight excluding hydrogens is 222 g/mol. The van der Waals surface area contributed by atoms with Gasteiger partial charge in [0.05, 0.1) is 5.56 Å². The fourth-order valence-corrected chi connectivity index (χ4v) is 1.61. The monoisotopic (exact) mass is 231 g/mol. The number of aromatic carboxylic acids is 1. The maximum absolute atomic E-state index is 11.0. The normalized spacial score (nSPS) is 10.4. The Hall–Kier alpha value is -2.56. The van der Waals surface area contributed by atoms with Crippen LogP contribution in [0.3, 0.4) is 0 Å². The number of benzene rings is 2. The Kier molecular flexibility index (Phi) is 2.44. The van der Waals surface area contributed by atoms with Crippen molar-refractivity contribution in [3.05, 3.63) is 41.5 Å². The molecule has 5 nitrogen and oxygen atoms in total. The molecule has 1 amide bonds. The summed E-state index contributed by atoms with van der Waals surface area (Å²) in [6.45, 7) is 0. The van der Waals surface area contributed by atoms with E-state index in [1.165, 1.54) is 18.2 Å². The van der Waals surface area contributed by atoms with E-state index in [0.717, 1.165) is 6.07 Å². The third-order valence-electron chi connectivity index (χ3n) is 2.46. The second kappa shape index (κ2) is 3.79. The Morgan fingerprint density at radius 2 is 1.76 bits per heavy atom. The maximum Gasteiger partial charge on any atom is 0.335 e. The van der Waals surface area contributed by atoms with Crippen LogP contribution >= 0.6 is 0 Å². The molecule has 0 saturated heterocycles. The van der Waals surface area contributed by atoms with Crippen LogP contribution in [0.25, 0.3) is 10.8 Å². The predicted octanol–water partition coefficient (Wildman–Crippen LogP) is 1.34. The molecule has 0 unspecified atom stereocenters. The van der Waals surface area contributed by atoms with Crippen LogP contribution < -0.4 is 5.73 Å². The number of hydrogen-bond acceptors (Lipinski definition) is 3. The van der Waals surface area contributed by atoms with Crippen LogP contribution in [0.1, 0.15) is 20.7 Å². The average Bonchev–Trinajstić information content (AvgIpc) is 2.28. The Morgan fingerprint density at radius 1 is 1.06 bits per heavy atom. The van der Waals surface area contributed by atoms with Crippen molar-refractivity contribution in [1.82, 2.24) is 0 Å². The molecule has 0 spiro atoms. The summed E-state index contributed by atoms with van der Waals surface area (Å²) in [5, 5.41) is 19.4. The number of amides is 1. The Labute approximate surface area is 96.1 Å². The largest absolute Gasteiger partial charge is 0.507 e. The number of carboxylic acid groups (broad SMARTS) is 1. The number of carboxylic acids is 1. The van der Waals surface area contributed by atoms with Gasteiger partial charge in [-0.15, -0.1) is 0 Å². The lowest BCUT2D eigenvalue weighted by Crippen LogP contribution is -2.10. The van der Waals surface area contributed by atoms with E-state index >= 15 is 0 Å². The molecule has 0 aliphatic carbocycles. The van der Waals surface area contributed by atoms with Gasteiger partial charge in [0, 0.05) is 10.9 Å². The zero-order valence-electron chi connectivity index (χ0n) is 8.68. The highest BCUT2D eigenvalue weighted by Gasteiger charge is 2.10. The van der Waals surface area contributed by atoms with Crippen LogP contribution in [0.15, 0.2) is 30.3 Å². The molecule has 0 aliphatic heterocycles. The van der Waals surface area contributed by atoms with E-state index in [4.69, 9.17) is 10.8 Å². The van der Waals surface area contributed by atoms with Crippen molar-refractivity contribution < 1.29 is 19.8 Å². The molecule has 17 heavy (non-hydrogen) atoms. The van der Waals surface area contributed by atoms with Crippen molar-refractivity contribution in [2.45, 2.75) is 0 Å². The first-order valence-electron chi connectivity index (χ1n) is 4.79. The molecule has 2 rings (SSSR count).